The van der Waals surface area contributed by atoms with Crippen molar-refractivity contribution in [2.24, 2.45) is 0 Å². The summed E-state index contributed by atoms with van der Waals surface area (Å²) in [4.78, 5) is 4.78. The van der Waals surface area contributed by atoms with Crippen molar-refractivity contribution in [2.45, 2.75) is 25.2 Å². The quantitative estimate of drug-likeness (QED) is 0.153. The van der Waals surface area contributed by atoms with Crippen molar-refractivity contribution in [3.8, 4) is 11.1 Å². The van der Waals surface area contributed by atoms with E-state index in [-0.39, 0.29) is 0 Å². The van der Waals surface area contributed by atoms with E-state index < -0.39 is 0 Å². The Kier molecular flexibility index (Phi) is 8.47. The molecule has 1 atom stereocenters. The van der Waals surface area contributed by atoms with E-state index in [9.17, 15) is 0 Å². The molecule has 3 aliphatic rings. The average molecular weight is 743 g/mol. The van der Waals surface area contributed by atoms with E-state index in [1.807, 2.05) is 0 Å². The molecule has 0 amide bonds. The van der Waals surface area contributed by atoms with Gasteiger partial charge in [-0.15, -0.1) is 0 Å². The first-order valence-corrected chi connectivity index (χ1v) is 20.5. The Balaban J connectivity index is 0.855. The summed E-state index contributed by atoms with van der Waals surface area (Å²) in [5, 5.41) is 5.33. The predicted octanol–water partition coefficient (Wildman–Crippen LogP) is 15.0. The van der Waals surface area contributed by atoms with Crippen LogP contribution in [0.3, 0.4) is 0 Å². The molecule has 0 fully saturated rings. The van der Waals surface area contributed by atoms with Crippen molar-refractivity contribution in [3.63, 3.8) is 0 Å². The van der Waals surface area contributed by atoms with E-state index in [1.54, 1.807) is 0 Å². The van der Waals surface area contributed by atoms with Crippen molar-refractivity contribution >= 4 is 62.1 Å². The second-order valence-corrected chi connectivity index (χ2v) is 15.7. The van der Waals surface area contributed by atoms with Crippen LogP contribution >= 0.6 is 0 Å². The molecular weight excluding hydrogens is 701 g/mol. The van der Waals surface area contributed by atoms with Crippen LogP contribution in [0, 0.1) is 0 Å². The van der Waals surface area contributed by atoms with Gasteiger partial charge >= 0.3 is 0 Å². The molecule has 11 rings (SSSR count). The van der Waals surface area contributed by atoms with Gasteiger partial charge in [-0.2, -0.15) is 0 Å². The Hall–Kier alpha value is -7.16. The first-order chi connectivity index (χ1) is 28.7. The van der Waals surface area contributed by atoms with Crippen molar-refractivity contribution < 1.29 is 0 Å². The van der Waals surface area contributed by atoms with Crippen molar-refractivity contribution in [3.05, 3.63) is 234 Å². The molecule has 0 aliphatic heterocycles. The topological polar surface area (TPSA) is 6.48 Å². The number of rotatable bonds is 8. The smallest absolute Gasteiger partial charge is 0.0473 e. The second-order valence-electron chi connectivity index (χ2n) is 15.7. The Morgan fingerprint density at radius 2 is 0.931 bits per heavy atom. The van der Waals surface area contributed by atoms with Gasteiger partial charge in [-0.1, -0.05) is 146 Å². The summed E-state index contributed by atoms with van der Waals surface area (Å²) in [5.74, 6) is 0.318. The van der Waals surface area contributed by atoms with Gasteiger partial charge in [0.1, 0.15) is 0 Å². The van der Waals surface area contributed by atoms with E-state index in [0.29, 0.717) is 5.92 Å². The molecule has 58 heavy (non-hydrogen) atoms. The highest BCUT2D eigenvalue weighted by molar-refractivity contribution is 6.00. The zero-order valence-corrected chi connectivity index (χ0v) is 32.3. The maximum absolute atomic E-state index is 2.41. The largest absolute Gasteiger partial charge is 0.311 e. The van der Waals surface area contributed by atoms with Gasteiger partial charge in [-0.3, -0.25) is 0 Å². The molecule has 8 aromatic carbocycles. The van der Waals surface area contributed by atoms with E-state index in [1.165, 1.54) is 77.6 Å². The molecule has 0 saturated carbocycles. The fourth-order valence-electron chi connectivity index (χ4n) is 9.33. The first kappa shape index (κ1) is 34.1. The number of allylic oxidation sites excluding steroid dienone is 5. The lowest BCUT2D eigenvalue weighted by molar-refractivity contribution is 0.840. The van der Waals surface area contributed by atoms with Crippen molar-refractivity contribution in [2.75, 3.05) is 9.80 Å². The van der Waals surface area contributed by atoms with Crippen LogP contribution in [-0.2, 0) is 12.8 Å². The van der Waals surface area contributed by atoms with Crippen LogP contribution in [0.15, 0.2) is 206 Å². The van der Waals surface area contributed by atoms with E-state index in [4.69, 9.17) is 0 Å². The fraction of sp³-hybridized carbons (Fsp3) is 0.0714. The standard InChI is InChI=1S/C56H42N2/c1-3-19-49(20-4-1)57(53-35-45-15-7-11-43-12-8-16-46(36-53)55(43)45)51-31-27-41(28-32-51)39-23-25-40(26-24-39)42-29-33-52(34-30-42)58(50-21-5-2-6-22-50)54-37-47-17-9-13-44-14-10-18-48(38-54)56(44)47/h1-11,13,15-29,31-38,42H,12,14,30H2. The van der Waals surface area contributed by atoms with Gasteiger partial charge in [0.05, 0.1) is 0 Å². The van der Waals surface area contributed by atoms with Gasteiger partial charge in [-0.25, -0.2) is 0 Å². The molecule has 0 radical (unpaired) electrons. The van der Waals surface area contributed by atoms with Crippen LogP contribution in [-0.4, -0.2) is 0 Å². The molecule has 0 spiro atoms. The molecule has 2 heteroatoms. The molecule has 3 aliphatic carbocycles. The molecule has 276 valence electrons. The number of benzene rings is 8. The zero-order valence-electron chi connectivity index (χ0n) is 32.3. The number of hydrogen-bond acceptors (Lipinski definition) is 2. The van der Waals surface area contributed by atoms with E-state index in [0.717, 1.165) is 36.3 Å². The van der Waals surface area contributed by atoms with Crippen LogP contribution in [0.4, 0.5) is 28.4 Å². The van der Waals surface area contributed by atoms with Crippen LogP contribution < -0.4 is 9.80 Å². The third kappa shape index (κ3) is 6.15. The fourth-order valence-corrected chi connectivity index (χ4v) is 9.33. The SMILES string of the molecule is C1=Cc2cc(N(C3=CCC(c4ccc(-c5ccc(N(c6ccccc6)c6cc7c8c(cccc8c6)CC=C7)cc5)cc4)C=C3)c3ccccc3)cc3cccc(c23)C1. The highest BCUT2D eigenvalue weighted by Gasteiger charge is 2.21. The normalized spacial score (nSPS) is 15.1. The van der Waals surface area contributed by atoms with Crippen molar-refractivity contribution in [1.29, 1.82) is 0 Å². The molecular formula is C56H42N2. The first-order valence-electron chi connectivity index (χ1n) is 20.5. The van der Waals surface area contributed by atoms with Gasteiger partial charge in [0.25, 0.3) is 0 Å². The molecule has 0 N–H and O–H groups in total. The number of anilines is 5. The molecule has 0 bridgehead atoms. The third-order valence-corrected chi connectivity index (χ3v) is 12.1. The maximum Gasteiger partial charge on any atom is 0.0473 e. The molecule has 8 aromatic rings. The van der Waals surface area contributed by atoms with Gasteiger partial charge < -0.3 is 9.80 Å². The molecule has 1 unspecified atom stereocenters. The van der Waals surface area contributed by atoms with Crippen LogP contribution in [0.2, 0.25) is 0 Å². The molecule has 2 nitrogen and oxygen atoms in total. The third-order valence-electron chi connectivity index (χ3n) is 12.1. The summed E-state index contributed by atoms with van der Waals surface area (Å²) >= 11 is 0. The summed E-state index contributed by atoms with van der Waals surface area (Å²) in [7, 11) is 0. The van der Waals surface area contributed by atoms with Gasteiger partial charge in [0, 0.05) is 40.1 Å². The van der Waals surface area contributed by atoms with Crippen LogP contribution in [0.5, 0.6) is 0 Å². The summed E-state index contributed by atoms with van der Waals surface area (Å²) in [6, 6.07) is 62.4. The Morgan fingerprint density at radius 1 is 0.414 bits per heavy atom. The van der Waals surface area contributed by atoms with Crippen LogP contribution in [0.1, 0.15) is 40.2 Å². The zero-order chi connectivity index (χ0) is 38.4. The minimum absolute atomic E-state index is 0.318. The lowest BCUT2D eigenvalue weighted by Gasteiger charge is -2.30. The number of para-hydroxylation sites is 2. The van der Waals surface area contributed by atoms with E-state index >= 15 is 0 Å². The van der Waals surface area contributed by atoms with Crippen molar-refractivity contribution in [1.82, 2.24) is 0 Å². The lowest BCUT2D eigenvalue weighted by atomic mass is 9.89. The number of hydrogen-bond donors (Lipinski definition) is 0. The predicted molar refractivity (Wildman–Crippen MR) is 247 cm³/mol. The summed E-state index contributed by atoms with van der Waals surface area (Å²) in [5.41, 5.74) is 16.1. The molecule has 0 aromatic heterocycles. The Labute approximate surface area is 340 Å². The summed E-state index contributed by atoms with van der Waals surface area (Å²) in [6.45, 7) is 0. The Morgan fingerprint density at radius 3 is 1.48 bits per heavy atom. The van der Waals surface area contributed by atoms with Gasteiger partial charge in [0.15, 0.2) is 0 Å². The Bertz CT molecular complexity index is 2950. The van der Waals surface area contributed by atoms with Crippen LogP contribution in [0.25, 0.3) is 44.8 Å². The average Bonchev–Trinajstić information content (AvgIpc) is 3.28. The number of nitrogens with zero attached hydrogens (tertiary/aromatic N) is 2. The maximum atomic E-state index is 2.41. The molecule has 0 saturated heterocycles. The summed E-state index contributed by atoms with van der Waals surface area (Å²) in [6.07, 6.45) is 19.2. The molecule has 0 heterocycles. The lowest BCUT2D eigenvalue weighted by Crippen LogP contribution is -2.17. The second kappa shape index (κ2) is 14.4. The van der Waals surface area contributed by atoms with Gasteiger partial charge in [0.2, 0.25) is 0 Å². The van der Waals surface area contributed by atoms with Gasteiger partial charge in [-0.05, 0) is 146 Å². The minimum atomic E-state index is 0.318. The van der Waals surface area contributed by atoms with E-state index in [2.05, 4.69) is 222 Å². The highest BCUT2D eigenvalue weighted by atomic mass is 15.1. The minimum Gasteiger partial charge on any atom is -0.311 e. The highest BCUT2D eigenvalue weighted by Crippen LogP contribution is 2.42. The monoisotopic (exact) mass is 742 g/mol. The summed E-state index contributed by atoms with van der Waals surface area (Å²) < 4.78 is 0.